The highest BCUT2D eigenvalue weighted by Crippen LogP contribution is 2.34. The second-order valence-corrected chi connectivity index (χ2v) is 16.5. The molecule has 0 atom stereocenters. The van der Waals surface area contributed by atoms with Crippen LogP contribution in [-0.2, 0) is 35.8 Å². The van der Waals surface area contributed by atoms with Crippen LogP contribution in [0.1, 0.15) is 75.3 Å². The van der Waals surface area contributed by atoms with Gasteiger partial charge in [-0.3, -0.25) is 19.0 Å². The van der Waals surface area contributed by atoms with Crippen LogP contribution in [0.25, 0.3) is 21.8 Å². The second-order valence-electron chi connectivity index (χ2n) is 16.2. The first-order valence-electron chi connectivity index (χ1n) is 20.7. The van der Waals surface area contributed by atoms with E-state index >= 15 is 0 Å². The number of aromatic nitrogens is 4. The Hall–Kier alpha value is -5.33. The molecule has 0 bridgehead atoms. The molecule has 4 fully saturated rings. The Bertz CT molecular complexity index is 2440. The molecule has 0 spiro atoms. The zero-order valence-corrected chi connectivity index (χ0v) is 33.7. The predicted molar refractivity (Wildman–Crippen MR) is 223 cm³/mol. The predicted octanol–water partition coefficient (Wildman–Crippen LogP) is 10.2. The summed E-state index contributed by atoms with van der Waals surface area (Å²) in [6.45, 7) is 2.43. The Morgan fingerprint density at radius 3 is 1.59 bits per heavy atom. The number of fused-ring (bicyclic) bond motifs is 2. The Labute approximate surface area is 347 Å². The summed E-state index contributed by atoms with van der Waals surface area (Å²) in [6.07, 6.45) is 15.5. The molecule has 4 aromatic carbocycles. The fraction of sp³-hybridized carbons (Fsp3) is 0.391. The number of nitrogens with zero attached hydrogens (tertiary/aromatic N) is 4. The smallest absolute Gasteiger partial charge is 0.224 e. The van der Waals surface area contributed by atoms with Crippen molar-refractivity contribution >= 4 is 44.6 Å². The molecule has 3 N–H and O–H groups in total. The number of amides is 1. The molecular weight excluding hydrogens is 774 g/mol. The minimum atomic E-state index is -0.347. The van der Waals surface area contributed by atoms with Crippen molar-refractivity contribution in [3.8, 4) is 23.0 Å². The maximum Gasteiger partial charge on any atom is 0.224 e. The van der Waals surface area contributed by atoms with Gasteiger partial charge in [-0.05, 0) is 148 Å². The number of carbonyl (C=O) groups is 2. The quantitative estimate of drug-likeness (QED) is 0.111. The van der Waals surface area contributed by atoms with Crippen LogP contribution in [0.3, 0.4) is 0 Å². The average Bonchev–Trinajstić information content (AvgIpc) is 4.14. The second kappa shape index (κ2) is 18.3. The number of hydrogen-bond acceptors (Lipinski definition) is 7. The summed E-state index contributed by atoms with van der Waals surface area (Å²) in [4.78, 5) is 21.9. The van der Waals surface area contributed by atoms with Crippen LogP contribution in [0, 0.1) is 35.3 Å². The molecule has 4 aliphatic carbocycles. The van der Waals surface area contributed by atoms with Crippen molar-refractivity contribution in [1.29, 1.82) is 0 Å². The van der Waals surface area contributed by atoms with Gasteiger partial charge in [-0.15, -0.1) is 0 Å². The molecule has 10 rings (SSSR count). The molecule has 2 aromatic heterocycles. The molecule has 2 heterocycles. The zero-order chi connectivity index (χ0) is 40.9. The van der Waals surface area contributed by atoms with Crippen LogP contribution in [0.15, 0.2) is 85.2 Å². The third-order valence-corrected chi connectivity index (χ3v) is 11.9. The minimum Gasteiger partial charge on any atom is -0.457 e. The van der Waals surface area contributed by atoms with Crippen molar-refractivity contribution < 1.29 is 27.8 Å². The van der Waals surface area contributed by atoms with Crippen molar-refractivity contribution in [3.63, 3.8) is 0 Å². The number of carbonyl (C=O) groups excluding carboxylic acids is 2. The molecule has 4 aliphatic rings. The number of benzene rings is 4. The van der Waals surface area contributed by atoms with E-state index in [4.69, 9.17) is 26.8 Å². The lowest BCUT2D eigenvalue weighted by Gasteiger charge is -2.25. The van der Waals surface area contributed by atoms with Gasteiger partial charge in [-0.2, -0.15) is 10.2 Å². The van der Waals surface area contributed by atoms with E-state index in [0.29, 0.717) is 34.1 Å². The summed E-state index contributed by atoms with van der Waals surface area (Å²) in [5.41, 5.74) is 9.16. The third-order valence-electron chi connectivity index (χ3n) is 11.6. The topological polar surface area (TPSA) is 126 Å². The number of rotatable bonds is 13. The maximum absolute atomic E-state index is 13.8. The summed E-state index contributed by atoms with van der Waals surface area (Å²) in [5, 5.41) is 13.8. The van der Waals surface area contributed by atoms with Gasteiger partial charge >= 0.3 is 0 Å². The lowest BCUT2D eigenvalue weighted by atomic mass is 9.85. The lowest BCUT2D eigenvalue weighted by Crippen LogP contribution is -2.24. The molecule has 0 radical (unpaired) electrons. The van der Waals surface area contributed by atoms with Crippen molar-refractivity contribution in [3.05, 3.63) is 108 Å². The Kier molecular flexibility index (Phi) is 12.5. The number of halogens is 3. The summed E-state index contributed by atoms with van der Waals surface area (Å²) < 4.78 is 43.1. The average molecular weight is 823 g/mol. The van der Waals surface area contributed by atoms with Crippen LogP contribution in [0.2, 0.25) is 0 Å². The number of hydrogen-bond donors (Lipinski definition) is 2. The molecule has 59 heavy (non-hydrogen) atoms. The molecule has 0 aliphatic heterocycles. The van der Waals surface area contributed by atoms with Gasteiger partial charge in [0.2, 0.25) is 11.1 Å². The normalized spacial score (nSPS) is 16.3. The van der Waals surface area contributed by atoms with E-state index in [1.54, 1.807) is 12.1 Å². The van der Waals surface area contributed by atoms with Crippen molar-refractivity contribution in [1.82, 2.24) is 24.9 Å². The number of nitrogens with one attached hydrogen (secondary N) is 1. The van der Waals surface area contributed by atoms with Gasteiger partial charge in [-0.1, -0.05) is 12.8 Å². The first-order valence-corrected chi connectivity index (χ1v) is 21.1. The van der Waals surface area contributed by atoms with E-state index in [1.165, 1.54) is 62.8 Å². The third kappa shape index (κ3) is 10.5. The Morgan fingerprint density at radius 1 is 0.678 bits per heavy atom. The van der Waals surface area contributed by atoms with Crippen molar-refractivity contribution in [2.45, 2.75) is 90.4 Å². The molecule has 6 aromatic rings. The highest BCUT2D eigenvalue weighted by Gasteiger charge is 2.29. The standard InChI is InChI=1S/C23H24FN3O2.C19H20FN3O.C4H5ClO/c24-19-6-9-22(18(10-19)12-25-23(28)16-4-5-16)29-20-7-8-21-17(11-20)13-26-27(21)14-15-2-1-3-15;20-16-4-7-19(14(8-16)10-21)24-17-5-6-18-15(9-17)11-22-23(18)12-13-2-1-3-13;5-4(6)3-1-2-3/h6-11,13,15-16H,1-5,12,14H2,(H,25,28);4-9,11,13H,1-3,10,12,21H2;3H,1-2H2. The summed E-state index contributed by atoms with van der Waals surface area (Å²) in [7, 11) is 0. The fourth-order valence-electron chi connectivity index (χ4n) is 7.22. The molecular formula is C46H49ClF2N6O4. The van der Waals surface area contributed by atoms with E-state index in [2.05, 4.69) is 24.9 Å². The molecule has 0 saturated heterocycles. The van der Waals surface area contributed by atoms with Gasteiger partial charge in [0.05, 0.1) is 23.4 Å². The van der Waals surface area contributed by atoms with E-state index in [0.717, 1.165) is 72.4 Å². The number of ether oxygens (including phenoxy) is 2. The molecule has 13 heteroatoms. The van der Waals surface area contributed by atoms with Crippen molar-refractivity contribution in [2.24, 2.45) is 29.4 Å². The van der Waals surface area contributed by atoms with Gasteiger partial charge in [0.25, 0.3) is 0 Å². The van der Waals surface area contributed by atoms with Gasteiger partial charge in [0.15, 0.2) is 0 Å². The molecule has 0 unspecified atom stereocenters. The highest BCUT2D eigenvalue weighted by atomic mass is 35.5. The van der Waals surface area contributed by atoms with E-state index < -0.39 is 0 Å². The molecule has 308 valence electrons. The summed E-state index contributed by atoms with van der Waals surface area (Å²) >= 11 is 5.04. The van der Waals surface area contributed by atoms with Crippen LogP contribution >= 0.6 is 11.6 Å². The largest absolute Gasteiger partial charge is 0.457 e. The lowest BCUT2D eigenvalue weighted by molar-refractivity contribution is -0.122. The summed E-state index contributed by atoms with van der Waals surface area (Å²) in [6, 6.07) is 20.6. The fourth-order valence-corrected chi connectivity index (χ4v) is 7.44. The van der Waals surface area contributed by atoms with E-state index in [1.807, 2.05) is 48.8 Å². The van der Waals surface area contributed by atoms with Crippen LogP contribution in [0.5, 0.6) is 23.0 Å². The van der Waals surface area contributed by atoms with Gasteiger partial charge in [-0.25, -0.2) is 8.78 Å². The summed E-state index contributed by atoms with van der Waals surface area (Å²) in [5.74, 6) is 3.71. The van der Waals surface area contributed by atoms with E-state index in [-0.39, 0.29) is 47.7 Å². The van der Waals surface area contributed by atoms with Crippen molar-refractivity contribution in [2.75, 3.05) is 0 Å². The van der Waals surface area contributed by atoms with E-state index in [9.17, 15) is 18.4 Å². The molecule has 1 amide bonds. The minimum absolute atomic E-state index is 0.0282. The maximum atomic E-state index is 13.8. The molecule has 10 nitrogen and oxygen atoms in total. The Morgan fingerprint density at radius 2 is 1.17 bits per heavy atom. The van der Waals surface area contributed by atoms with Gasteiger partial charge in [0, 0.05) is 59.9 Å². The van der Waals surface area contributed by atoms with Crippen LogP contribution in [-0.4, -0.2) is 30.7 Å². The Balaban J connectivity index is 0.000000146. The SMILES string of the molecule is NCc1cc(F)ccc1Oc1ccc2c(cnn2CC2CCC2)c1.O=C(Cl)C1CC1.O=C(NCc1cc(F)ccc1Oc1ccc2c(cnn2CC2CCC2)c1)C1CC1. The molecule has 4 saturated carbocycles. The highest BCUT2D eigenvalue weighted by molar-refractivity contribution is 6.64. The van der Waals surface area contributed by atoms with Crippen LogP contribution in [0.4, 0.5) is 8.78 Å². The van der Waals surface area contributed by atoms with Crippen LogP contribution < -0.4 is 20.5 Å². The number of nitrogens with two attached hydrogens (primary N) is 1. The van der Waals surface area contributed by atoms with Gasteiger partial charge in [0.1, 0.15) is 34.6 Å². The monoisotopic (exact) mass is 822 g/mol. The first-order chi connectivity index (χ1) is 28.7. The van der Waals surface area contributed by atoms with Gasteiger partial charge < -0.3 is 20.5 Å². The first kappa shape index (κ1) is 40.4. The zero-order valence-electron chi connectivity index (χ0n) is 32.9.